The minimum Gasteiger partial charge on any atom is -0.456 e. The quantitative estimate of drug-likeness (QED) is 0.183. The first-order valence-electron chi connectivity index (χ1n) is 19.0. The van der Waals surface area contributed by atoms with Gasteiger partial charge in [-0.1, -0.05) is 115 Å². The highest BCUT2D eigenvalue weighted by Gasteiger charge is 2.23. The van der Waals surface area contributed by atoms with Crippen LogP contribution in [0.5, 0.6) is 0 Å². The second-order valence-electron chi connectivity index (χ2n) is 14.8. The van der Waals surface area contributed by atoms with Crippen molar-refractivity contribution in [3.8, 4) is 0 Å². The lowest BCUT2D eigenvalue weighted by atomic mass is 9.97. The summed E-state index contributed by atoms with van der Waals surface area (Å²) < 4.78 is 20.0. The maximum atomic E-state index is 6.84. The molecule has 0 spiro atoms. The topological polar surface area (TPSA) is 42.7 Å². The van der Waals surface area contributed by atoms with E-state index in [4.69, 9.17) is 13.3 Å². The van der Waals surface area contributed by atoms with Crippen LogP contribution in [0.2, 0.25) is 0 Å². The molecule has 0 saturated carbocycles. The number of fused-ring (bicyclic) bond motifs is 5. The van der Waals surface area contributed by atoms with Gasteiger partial charge < -0.3 is 18.2 Å². The Morgan fingerprint density at radius 3 is 1.25 bits per heavy atom. The van der Waals surface area contributed by atoms with Gasteiger partial charge in [0.25, 0.3) is 0 Å². The van der Waals surface area contributed by atoms with E-state index in [9.17, 15) is 0 Å². The molecule has 0 unspecified atom stereocenters. The molecule has 4 heteroatoms. The molecule has 0 fully saturated rings. The van der Waals surface area contributed by atoms with Crippen molar-refractivity contribution in [2.75, 3.05) is 4.90 Å². The molecule has 0 bridgehead atoms. The third kappa shape index (κ3) is 4.02. The van der Waals surface area contributed by atoms with Crippen LogP contribution in [0.1, 0.15) is 0 Å². The Labute approximate surface area is 319 Å². The number of benzene rings is 10. The van der Waals surface area contributed by atoms with E-state index < -0.39 is 0 Å². The van der Waals surface area contributed by atoms with Crippen LogP contribution in [0.15, 0.2) is 189 Å². The lowest BCUT2D eigenvalue weighted by molar-refractivity contribution is 0.664. The molecule has 0 aliphatic heterocycles. The van der Waals surface area contributed by atoms with Gasteiger partial charge in [-0.2, -0.15) is 0 Å². The first kappa shape index (κ1) is 29.8. The molecule has 56 heavy (non-hydrogen) atoms. The fourth-order valence-electron chi connectivity index (χ4n) is 9.46. The average Bonchev–Trinajstić information content (AvgIpc) is 3.47. The van der Waals surface area contributed by atoms with Crippen molar-refractivity contribution < 1.29 is 13.3 Å². The number of nitrogens with zero attached hydrogens (tertiary/aromatic N) is 1. The zero-order chi connectivity index (χ0) is 36.5. The van der Waals surface area contributed by atoms with E-state index in [1.807, 2.05) is 12.1 Å². The largest absolute Gasteiger partial charge is 0.456 e. The Bertz CT molecular complexity index is 3580. The highest BCUT2D eigenvalue weighted by atomic mass is 16.3. The Hall–Kier alpha value is -7.56. The molecule has 10 aromatic carbocycles. The maximum absolute atomic E-state index is 6.84. The van der Waals surface area contributed by atoms with Crippen LogP contribution in [0, 0.1) is 0 Å². The maximum Gasteiger partial charge on any atom is 0.136 e. The summed E-state index contributed by atoms with van der Waals surface area (Å²) in [6, 6.07) is 62.4. The van der Waals surface area contributed by atoms with Crippen LogP contribution in [-0.4, -0.2) is 0 Å². The number of furan rings is 1. The van der Waals surface area contributed by atoms with Gasteiger partial charge in [0.15, 0.2) is 0 Å². The smallest absolute Gasteiger partial charge is 0.136 e. The molecule has 3 heterocycles. The molecule has 13 rings (SSSR count). The standard InChI is InChI=1S/C52H29NO3/c1-2-20-43-33(13-1)40-29-32(23-26-44(40)54-43)53(41-24-27-47-51-36(16-7-18-38(41)51)34-14-3-9-30-11-5-21-45(55-47)49(30)34)42-25-28-48-52-37(17-8-19-39(42)52)35-15-4-10-31-12-6-22-46(56-48)50(31)35/h1-29H. The normalized spacial score (nSPS) is 12.3. The molecule has 260 valence electrons. The van der Waals surface area contributed by atoms with Crippen LogP contribution < -0.4 is 4.90 Å². The summed E-state index contributed by atoms with van der Waals surface area (Å²) in [5.74, 6) is 0. The molecule has 0 radical (unpaired) electrons. The van der Waals surface area contributed by atoms with Crippen molar-refractivity contribution in [1.29, 1.82) is 0 Å². The lowest BCUT2D eigenvalue weighted by Crippen LogP contribution is -2.11. The summed E-state index contributed by atoms with van der Waals surface area (Å²) in [5, 5.41) is 15.7. The summed E-state index contributed by atoms with van der Waals surface area (Å²) in [6.07, 6.45) is 0. The van der Waals surface area contributed by atoms with Crippen molar-refractivity contribution >= 4 is 126 Å². The first-order chi connectivity index (χ1) is 27.8. The molecule has 13 aromatic rings. The third-order valence-electron chi connectivity index (χ3n) is 11.8. The fraction of sp³-hybridized carbons (Fsp3) is 0. The Morgan fingerprint density at radius 1 is 0.268 bits per heavy atom. The fourth-order valence-corrected chi connectivity index (χ4v) is 9.46. The van der Waals surface area contributed by atoms with E-state index in [-0.39, 0.29) is 0 Å². The summed E-state index contributed by atoms with van der Waals surface area (Å²) in [7, 11) is 0. The molecule has 0 N–H and O–H groups in total. The van der Waals surface area contributed by atoms with Crippen LogP contribution >= 0.6 is 0 Å². The molecule has 0 aliphatic carbocycles. The SMILES string of the molecule is c1ccc2c(c1)oc1ccc(N(c3ccc4oc5cccc6cccc(c7cccc3c47)c65)c3ccc4oc5cccc6cccc(c7cccc3c47)c65)cc12. The van der Waals surface area contributed by atoms with Gasteiger partial charge >= 0.3 is 0 Å². The summed E-state index contributed by atoms with van der Waals surface area (Å²) in [6.45, 7) is 0. The van der Waals surface area contributed by atoms with Crippen molar-refractivity contribution in [2.45, 2.75) is 0 Å². The van der Waals surface area contributed by atoms with Crippen molar-refractivity contribution in [3.05, 3.63) is 176 Å². The predicted octanol–water partition coefficient (Wildman–Crippen LogP) is 15.5. The Kier molecular flexibility index (Phi) is 5.86. The number of rotatable bonds is 3. The summed E-state index contributed by atoms with van der Waals surface area (Å²) >= 11 is 0. The van der Waals surface area contributed by atoms with Gasteiger partial charge in [0.2, 0.25) is 0 Å². The zero-order valence-electron chi connectivity index (χ0n) is 29.9. The summed E-state index contributed by atoms with van der Waals surface area (Å²) in [5.41, 5.74) is 8.25. The number of para-hydroxylation sites is 1. The van der Waals surface area contributed by atoms with Gasteiger partial charge in [-0.15, -0.1) is 0 Å². The van der Waals surface area contributed by atoms with Gasteiger partial charge in [0.1, 0.15) is 33.5 Å². The Morgan fingerprint density at radius 2 is 0.661 bits per heavy atom. The summed E-state index contributed by atoms with van der Waals surface area (Å²) in [4.78, 5) is 2.41. The molecular weight excluding hydrogens is 687 g/mol. The van der Waals surface area contributed by atoms with Gasteiger partial charge in [0.05, 0.1) is 11.4 Å². The predicted molar refractivity (Wildman–Crippen MR) is 233 cm³/mol. The van der Waals surface area contributed by atoms with E-state index in [1.54, 1.807) is 0 Å². The van der Waals surface area contributed by atoms with Gasteiger partial charge in [-0.25, -0.2) is 0 Å². The first-order valence-corrected chi connectivity index (χ1v) is 19.0. The van der Waals surface area contributed by atoms with Crippen molar-refractivity contribution in [1.82, 2.24) is 0 Å². The second kappa shape index (κ2) is 11.0. The van der Waals surface area contributed by atoms with Crippen LogP contribution in [0.4, 0.5) is 17.1 Å². The van der Waals surface area contributed by atoms with Crippen LogP contribution in [0.3, 0.4) is 0 Å². The molecule has 4 nitrogen and oxygen atoms in total. The molecule has 0 atom stereocenters. The van der Waals surface area contributed by atoms with E-state index in [0.29, 0.717) is 0 Å². The van der Waals surface area contributed by atoms with Gasteiger partial charge in [-0.3, -0.25) is 0 Å². The molecular formula is C52H29NO3. The van der Waals surface area contributed by atoms with E-state index in [1.165, 1.54) is 10.8 Å². The zero-order valence-corrected chi connectivity index (χ0v) is 29.9. The van der Waals surface area contributed by atoms with Crippen molar-refractivity contribution in [3.63, 3.8) is 0 Å². The number of anilines is 3. The van der Waals surface area contributed by atoms with Gasteiger partial charge in [0, 0.05) is 48.8 Å². The number of hydrogen-bond donors (Lipinski definition) is 0. The van der Waals surface area contributed by atoms with Crippen molar-refractivity contribution in [2.24, 2.45) is 0 Å². The average molecular weight is 716 g/mol. The van der Waals surface area contributed by atoms with E-state index in [0.717, 1.165) is 115 Å². The van der Waals surface area contributed by atoms with Gasteiger partial charge in [-0.05, 0) is 93.0 Å². The van der Waals surface area contributed by atoms with Crippen LogP contribution in [0.25, 0.3) is 109 Å². The van der Waals surface area contributed by atoms with E-state index in [2.05, 4.69) is 169 Å². The number of hydrogen-bond acceptors (Lipinski definition) is 4. The minimum atomic E-state index is 0.840. The second-order valence-corrected chi connectivity index (χ2v) is 14.8. The van der Waals surface area contributed by atoms with Crippen LogP contribution in [-0.2, 0) is 0 Å². The molecule has 0 saturated heterocycles. The molecule has 3 aromatic heterocycles. The minimum absolute atomic E-state index is 0.840. The monoisotopic (exact) mass is 715 g/mol. The molecule has 0 amide bonds. The van der Waals surface area contributed by atoms with E-state index >= 15 is 0 Å². The third-order valence-corrected chi connectivity index (χ3v) is 11.8. The molecule has 0 aliphatic rings. The Balaban J connectivity index is 1.18. The lowest BCUT2D eigenvalue weighted by Gasteiger charge is -2.28. The highest BCUT2D eigenvalue weighted by Crippen LogP contribution is 2.48. The highest BCUT2D eigenvalue weighted by molar-refractivity contribution is 6.27.